The lowest BCUT2D eigenvalue weighted by Crippen LogP contribution is -2.46. The summed E-state index contributed by atoms with van der Waals surface area (Å²) in [6.07, 6.45) is 6.63. The summed E-state index contributed by atoms with van der Waals surface area (Å²) in [6.45, 7) is 7.18. The molecule has 1 aliphatic heterocycles. The van der Waals surface area contributed by atoms with Gasteiger partial charge < -0.3 is 14.6 Å². The Balaban J connectivity index is 1.45. The monoisotopic (exact) mass is 391 g/mol. The molecule has 6 nitrogen and oxygen atoms in total. The minimum Gasteiger partial charge on any atom is -0.476 e. The first-order valence-corrected chi connectivity index (χ1v) is 10.4. The van der Waals surface area contributed by atoms with Crippen LogP contribution in [0.15, 0.2) is 53.0 Å². The van der Waals surface area contributed by atoms with Gasteiger partial charge in [0.15, 0.2) is 0 Å². The van der Waals surface area contributed by atoms with E-state index in [0.717, 1.165) is 25.8 Å². The third-order valence-corrected chi connectivity index (χ3v) is 6.96. The van der Waals surface area contributed by atoms with E-state index in [1.807, 2.05) is 25.1 Å². The predicted molar refractivity (Wildman–Crippen MR) is 111 cm³/mol. The molecule has 150 valence electrons. The predicted octanol–water partition coefficient (Wildman–Crippen LogP) is 3.60. The zero-order valence-electron chi connectivity index (χ0n) is 16.5. The summed E-state index contributed by atoms with van der Waals surface area (Å²) in [5.41, 5.74) is 3.20. The van der Waals surface area contributed by atoms with Crippen molar-refractivity contribution in [2.24, 2.45) is 11.8 Å². The van der Waals surface area contributed by atoms with Crippen molar-refractivity contribution in [3.8, 4) is 0 Å². The highest BCUT2D eigenvalue weighted by molar-refractivity contribution is 5.88. The molecule has 3 saturated carbocycles. The molecule has 0 amide bonds. The number of carboxylic acid groups (broad SMARTS) is 1. The van der Waals surface area contributed by atoms with Gasteiger partial charge in [0.1, 0.15) is 0 Å². The number of allylic oxidation sites excluding steroid dienone is 2. The average Bonchev–Trinajstić information content (AvgIpc) is 3.10. The molecule has 1 aromatic carbocycles. The third kappa shape index (κ3) is 2.73. The topological polar surface area (TPSA) is 75.4 Å². The Hall–Kier alpha value is -2.89. The van der Waals surface area contributed by atoms with Crippen molar-refractivity contribution in [1.29, 1.82) is 0 Å². The molecule has 0 spiro atoms. The van der Waals surface area contributed by atoms with Crippen LogP contribution in [0.4, 0.5) is 0 Å². The normalized spacial score (nSPS) is 26.2. The number of hydrogen-bond acceptors (Lipinski definition) is 4. The number of nitrogens with zero attached hydrogens (tertiary/aromatic N) is 3. The SMILES string of the molecule is C=C1C2CC1C2=CN1CCC[C@H]1C[C@H](C)n1c(=O)c(C(=O)O)nc2ccccc21. The Labute approximate surface area is 169 Å². The lowest BCUT2D eigenvalue weighted by molar-refractivity contribution is 0.0688. The average molecular weight is 391 g/mol. The molecule has 4 atom stereocenters. The summed E-state index contributed by atoms with van der Waals surface area (Å²) in [5.74, 6) is -0.0783. The van der Waals surface area contributed by atoms with E-state index < -0.39 is 17.2 Å². The lowest BCUT2D eigenvalue weighted by Gasteiger charge is -2.56. The molecule has 2 bridgehead atoms. The second kappa shape index (κ2) is 6.58. The number of rotatable bonds is 5. The largest absolute Gasteiger partial charge is 0.476 e. The van der Waals surface area contributed by atoms with Crippen LogP contribution in [0, 0.1) is 11.8 Å². The number of carboxylic acids is 1. The maximum absolute atomic E-state index is 12.9. The van der Waals surface area contributed by atoms with E-state index in [4.69, 9.17) is 0 Å². The van der Waals surface area contributed by atoms with Crippen LogP contribution < -0.4 is 5.56 Å². The molecule has 1 N–H and O–H groups in total. The van der Waals surface area contributed by atoms with E-state index in [-0.39, 0.29) is 6.04 Å². The highest BCUT2D eigenvalue weighted by Crippen LogP contribution is 2.62. The smallest absolute Gasteiger partial charge is 0.360 e. The van der Waals surface area contributed by atoms with Gasteiger partial charge in [-0.3, -0.25) is 4.79 Å². The maximum Gasteiger partial charge on any atom is 0.360 e. The van der Waals surface area contributed by atoms with Crippen molar-refractivity contribution < 1.29 is 9.90 Å². The summed E-state index contributed by atoms with van der Waals surface area (Å²) < 4.78 is 1.62. The molecule has 6 heteroatoms. The molecule has 2 unspecified atom stereocenters. The van der Waals surface area contributed by atoms with Crippen LogP contribution in [-0.2, 0) is 0 Å². The van der Waals surface area contributed by atoms with E-state index in [2.05, 4.69) is 22.7 Å². The number of benzene rings is 1. The van der Waals surface area contributed by atoms with Crippen molar-refractivity contribution in [3.63, 3.8) is 0 Å². The van der Waals surface area contributed by atoms with Gasteiger partial charge in [-0.05, 0) is 56.5 Å². The highest BCUT2D eigenvalue weighted by Gasteiger charge is 2.51. The van der Waals surface area contributed by atoms with E-state index >= 15 is 0 Å². The van der Waals surface area contributed by atoms with Crippen molar-refractivity contribution in [1.82, 2.24) is 14.5 Å². The number of hydrogen-bond donors (Lipinski definition) is 1. The Morgan fingerprint density at radius 2 is 2.14 bits per heavy atom. The fraction of sp³-hybridized carbons (Fsp3) is 0.435. The van der Waals surface area contributed by atoms with Crippen LogP contribution in [0.1, 0.15) is 49.1 Å². The maximum atomic E-state index is 12.9. The van der Waals surface area contributed by atoms with Gasteiger partial charge in [-0.2, -0.15) is 0 Å². The van der Waals surface area contributed by atoms with E-state index in [9.17, 15) is 14.7 Å². The van der Waals surface area contributed by atoms with Gasteiger partial charge in [0.05, 0.1) is 11.0 Å². The molecule has 4 fully saturated rings. The number of fused-ring (bicyclic) bond motifs is 1. The second-order valence-electron chi connectivity index (χ2n) is 8.59. The van der Waals surface area contributed by atoms with Crippen LogP contribution in [0.5, 0.6) is 0 Å². The number of para-hydroxylation sites is 2. The molecule has 0 radical (unpaired) electrons. The van der Waals surface area contributed by atoms with Crippen LogP contribution in [0.3, 0.4) is 0 Å². The van der Waals surface area contributed by atoms with Gasteiger partial charge in [-0.25, -0.2) is 9.78 Å². The molecule has 3 aliphatic carbocycles. The Morgan fingerprint density at radius 1 is 1.38 bits per heavy atom. The van der Waals surface area contributed by atoms with Gasteiger partial charge in [0.2, 0.25) is 5.69 Å². The first-order valence-electron chi connectivity index (χ1n) is 10.4. The van der Waals surface area contributed by atoms with Crippen LogP contribution in [0.2, 0.25) is 0 Å². The first-order chi connectivity index (χ1) is 14.0. The lowest BCUT2D eigenvalue weighted by atomic mass is 9.49. The van der Waals surface area contributed by atoms with Gasteiger partial charge in [0.25, 0.3) is 5.56 Å². The molecule has 2 heterocycles. The van der Waals surface area contributed by atoms with E-state index in [1.54, 1.807) is 10.6 Å². The van der Waals surface area contributed by atoms with Crippen molar-refractivity contribution >= 4 is 17.0 Å². The van der Waals surface area contributed by atoms with Crippen molar-refractivity contribution in [2.45, 2.75) is 44.7 Å². The molecular weight excluding hydrogens is 366 g/mol. The number of carbonyl (C=O) groups is 1. The zero-order chi connectivity index (χ0) is 20.3. The molecule has 6 rings (SSSR count). The van der Waals surface area contributed by atoms with Gasteiger partial charge >= 0.3 is 5.97 Å². The molecule has 2 aromatic rings. The standard InChI is InChI=1S/C23H25N3O3/c1-13(10-15-6-5-9-25(15)12-18-16-11-17(18)14(16)2)26-20-8-4-3-7-19(20)24-21(22(26)27)23(28)29/h3-4,7-8,12-13,15-17H,2,5-6,9-11H2,1H3,(H,28,29)/t13-,15-,16?,17?/m0/s1. The van der Waals surface area contributed by atoms with Crippen LogP contribution in [-0.4, -0.2) is 38.1 Å². The van der Waals surface area contributed by atoms with Crippen LogP contribution in [0.25, 0.3) is 11.0 Å². The molecule has 1 saturated heterocycles. The number of aromatic nitrogens is 2. The van der Waals surface area contributed by atoms with E-state index in [1.165, 1.54) is 17.6 Å². The Morgan fingerprint density at radius 3 is 2.83 bits per heavy atom. The molecule has 4 aliphatic rings. The highest BCUT2D eigenvalue weighted by atomic mass is 16.4. The third-order valence-electron chi connectivity index (χ3n) is 6.96. The Bertz CT molecular complexity index is 1100. The molecule has 1 aromatic heterocycles. The number of likely N-dealkylation sites (tertiary alicyclic amines) is 1. The van der Waals surface area contributed by atoms with Crippen molar-refractivity contribution in [2.75, 3.05) is 6.54 Å². The van der Waals surface area contributed by atoms with Crippen LogP contribution >= 0.6 is 0 Å². The van der Waals surface area contributed by atoms with Gasteiger partial charge in [-0.1, -0.05) is 24.3 Å². The Kier molecular flexibility index (Phi) is 4.12. The zero-order valence-corrected chi connectivity index (χ0v) is 16.5. The summed E-state index contributed by atoms with van der Waals surface area (Å²) >= 11 is 0. The first kappa shape index (κ1) is 18.2. The van der Waals surface area contributed by atoms with E-state index in [0.29, 0.717) is 28.9 Å². The summed E-state index contributed by atoms with van der Waals surface area (Å²) in [7, 11) is 0. The van der Waals surface area contributed by atoms with Gasteiger partial charge in [0, 0.05) is 30.5 Å². The fourth-order valence-corrected chi connectivity index (χ4v) is 5.19. The minimum absolute atomic E-state index is 0.122. The summed E-state index contributed by atoms with van der Waals surface area (Å²) in [5, 5.41) is 9.44. The summed E-state index contributed by atoms with van der Waals surface area (Å²) in [4.78, 5) is 31.0. The number of aromatic carboxylic acids is 1. The molecular formula is C23H25N3O3. The summed E-state index contributed by atoms with van der Waals surface area (Å²) in [6, 6.07) is 7.50. The minimum atomic E-state index is -1.28. The van der Waals surface area contributed by atoms with Crippen molar-refractivity contribution in [3.05, 3.63) is 64.2 Å². The quantitative estimate of drug-likeness (QED) is 0.788. The second-order valence-corrected chi connectivity index (χ2v) is 8.59. The fourth-order valence-electron chi connectivity index (χ4n) is 5.19. The molecule has 29 heavy (non-hydrogen) atoms. The van der Waals surface area contributed by atoms with Gasteiger partial charge in [-0.15, -0.1) is 0 Å².